The minimum Gasteiger partial charge on any atom is -0.355 e. The number of aromatic nitrogens is 3. The van der Waals surface area contributed by atoms with Crippen LogP contribution in [0.15, 0.2) is 83.5 Å². The molecule has 0 bridgehead atoms. The van der Waals surface area contributed by atoms with Crippen molar-refractivity contribution in [1.29, 1.82) is 0 Å². The van der Waals surface area contributed by atoms with E-state index in [1.807, 2.05) is 47.1 Å². The SMILES string of the molecule is Cc1ccc(-n2nccc2-c2ccc3noc(-c4cccc(F)c4)c3c2)cc1. The van der Waals surface area contributed by atoms with Crippen molar-refractivity contribution in [2.75, 3.05) is 0 Å². The first-order valence-corrected chi connectivity index (χ1v) is 8.96. The zero-order valence-electron chi connectivity index (χ0n) is 15.1. The first-order valence-electron chi connectivity index (χ1n) is 8.96. The Balaban J connectivity index is 1.65. The predicted molar refractivity (Wildman–Crippen MR) is 107 cm³/mol. The largest absolute Gasteiger partial charge is 0.355 e. The smallest absolute Gasteiger partial charge is 0.174 e. The van der Waals surface area contributed by atoms with Crippen molar-refractivity contribution < 1.29 is 8.91 Å². The molecule has 0 N–H and O–H groups in total. The Morgan fingerprint density at radius 2 is 1.75 bits per heavy atom. The van der Waals surface area contributed by atoms with Crippen LogP contribution in [0.5, 0.6) is 0 Å². The van der Waals surface area contributed by atoms with Gasteiger partial charge in [0.15, 0.2) is 5.76 Å². The Kier molecular flexibility index (Phi) is 3.79. The van der Waals surface area contributed by atoms with Crippen molar-refractivity contribution in [2.45, 2.75) is 6.92 Å². The Labute approximate surface area is 160 Å². The number of hydrogen-bond acceptors (Lipinski definition) is 3. The second-order valence-corrected chi connectivity index (χ2v) is 6.72. The van der Waals surface area contributed by atoms with Crippen molar-refractivity contribution in [1.82, 2.24) is 14.9 Å². The Morgan fingerprint density at radius 3 is 2.57 bits per heavy atom. The maximum atomic E-state index is 13.7. The van der Waals surface area contributed by atoms with Crippen LogP contribution in [0.2, 0.25) is 0 Å². The molecule has 0 unspecified atom stereocenters. The second-order valence-electron chi connectivity index (χ2n) is 6.72. The van der Waals surface area contributed by atoms with Gasteiger partial charge in [-0.05, 0) is 49.4 Å². The zero-order chi connectivity index (χ0) is 19.1. The maximum Gasteiger partial charge on any atom is 0.174 e. The lowest BCUT2D eigenvalue weighted by atomic mass is 10.0. The molecular formula is C23H16FN3O. The van der Waals surface area contributed by atoms with Gasteiger partial charge >= 0.3 is 0 Å². The molecule has 5 heteroatoms. The molecule has 0 saturated heterocycles. The normalized spacial score (nSPS) is 11.2. The van der Waals surface area contributed by atoms with E-state index in [1.54, 1.807) is 12.3 Å². The average Bonchev–Trinajstić information content (AvgIpc) is 3.35. The van der Waals surface area contributed by atoms with E-state index in [2.05, 4.69) is 29.3 Å². The fourth-order valence-electron chi connectivity index (χ4n) is 3.35. The molecule has 136 valence electrons. The lowest BCUT2D eigenvalue weighted by molar-refractivity contribution is 0.440. The molecule has 3 aromatic carbocycles. The van der Waals surface area contributed by atoms with Crippen LogP contribution in [0.3, 0.4) is 0 Å². The number of fused-ring (bicyclic) bond motifs is 1. The molecule has 0 aliphatic rings. The van der Waals surface area contributed by atoms with Crippen LogP contribution < -0.4 is 0 Å². The predicted octanol–water partition coefficient (Wildman–Crippen LogP) is 5.80. The van der Waals surface area contributed by atoms with Gasteiger partial charge in [0, 0.05) is 11.1 Å². The zero-order valence-corrected chi connectivity index (χ0v) is 15.1. The highest BCUT2D eigenvalue weighted by atomic mass is 19.1. The van der Waals surface area contributed by atoms with Gasteiger partial charge in [-0.25, -0.2) is 9.07 Å². The van der Waals surface area contributed by atoms with Crippen LogP contribution in [-0.4, -0.2) is 14.9 Å². The van der Waals surface area contributed by atoms with Gasteiger partial charge in [-0.2, -0.15) is 5.10 Å². The van der Waals surface area contributed by atoms with Crippen LogP contribution in [0.1, 0.15) is 5.56 Å². The van der Waals surface area contributed by atoms with Crippen LogP contribution in [0.25, 0.3) is 39.2 Å². The molecule has 0 amide bonds. The Bertz CT molecular complexity index is 1280. The van der Waals surface area contributed by atoms with Crippen molar-refractivity contribution in [2.24, 2.45) is 0 Å². The fraction of sp³-hybridized carbons (Fsp3) is 0.0435. The third-order valence-electron chi connectivity index (χ3n) is 4.78. The van der Waals surface area contributed by atoms with Gasteiger partial charge in [0.1, 0.15) is 11.3 Å². The number of aryl methyl sites for hydroxylation is 1. The quantitative estimate of drug-likeness (QED) is 0.404. The van der Waals surface area contributed by atoms with E-state index >= 15 is 0 Å². The molecule has 5 rings (SSSR count). The first-order chi connectivity index (χ1) is 13.7. The highest BCUT2D eigenvalue weighted by Crippen LogP contribution is 2.33. The minimum atomic E-state index is -0.310. The number of benzene rings is 3. The number of hydrogen-bond donors (Lipinski definition) is 0. The van der Waals surface area contributed by atoms with Crippen molar-refractivity contribution >= 4 is 10.9 Å². The van der Waals surface area contributed by atoms with Crippen molar-refractivity contribution in [3.8, 4) is 28.3 Å². The molecule has 0 aliphatic carbocycles. The molecule has 0 fully saturated rings. The highest BCUT2D eigenvalue weighted by Gasteiger charge is 2.14. The third kappa shape index (κ3) is 2.77. The summed E-state index contributed by atoms with van der Waals surface area (Å²) in [5.41, 5.74) is 5.50. The lowest BCUT2D eigenvalue weighted by Crippen LogP contribution is -1.98. The van der Waals surface area contributed by atoms with Gasteiger partial charge in [-0.1, -0.05) is 41.1 Å². The maximum absolute atomic E-state index is 13.7. The highest BCUT2D eigenvalue weighted by molar-refractivity contribution is 5.94. The van der Waals surface area contributed by atoms with E-state index in [0.717, 1.165) is 27.8 Å². The van der Waals surface area contributed by atoms with Gasteiger partial charge in [0.05, 0.1) is 23.0 Å². The number of rotatable bonds is 3. The van der Waals surface area contributed by atoms with Gasteiger partial charge in [-0.3, -0.25) is 0 Å². The molecule has 0 radical (unpaired) electrons. The summed E-state index contributed by atoms with van der Waals surface area (Å²) in [6, 6.07) is 22.4. The van der Waals surface area contributed by atoms with Gasteiger partial charge in [-0.15, -0.1) is 0 Å². The summed E-state index contributed by atoms with van der Waals surface area (Å²) >= 11 is 0. The summed E-state index contributed by atoms with van der Waals surface area (Å²) in [6.07, 6.45) is 1.78. The average molecular weight is 369 g/mol. The summed E-state index contributed by atoms with van der Waals surface area (Å²) in [4.78, 5) is 0. The molecule has 0 saturated carbocycles. The molecule has 28 heavy (non-hydrogen) atoms. The van der Waals surface area contributed by atoms with Gasteiger partial charge in [0.25, 0.3) is 0 Å². The van der Waals surface area contributed by atoms with E-state index in [9.17, 15) is 4.39 Å². The summed E-state index contributed by atoms with van der Waals surface area (Å²) in [7, 11) is 0. The monoisotopic (exact) mass is 369 g/mol. The lowest BCUT2D eigenvalue weighted by Gasteiger charge is -2.08. The van der Waals surface area contributed by atoms with Crippen LogP contribution in [-0.2, 0) is 0 Å². The number of halogens is 1. The molecule has 0 spiro atoms. The summed E-state index contributed by atoms with van der Waals surface area (Å²) in [5.74, 6) is 0.244. The molecule has 4 nitrogen and oxygen atoms in total. The van der Waals surface area contributed by atoms with E-state index in [4.69, 9.17) is 4.52 Å². The molecule has 5 aromatic rings. The summed E-state index contributed by atoms with van der Waals surface area (Å²) in [6.45, 7) is 2.06. The first kappa shape index (κ1) is 16.4. The minimum absolute atomic E-state index is 0.310. The van der Waals surface area contributed by atoms with Gasteiger partial charge in [0.2, 0.25) is 0 Å². The van der Waals surface area contributed by atoms with Crippen molar-refractivity contribution in [3.05, 3.63) is 90.4 Å². The van der Waals surface area contributed by atoms with Crippen LogP contribution >= 0.6 is 0 Å². The van der Waals surface area contributed by atoms with Gasteiger partial charge < -0.3 is 4.52 Å². The van der Waals surface area contributed by atoms with E-state index in [1.165, 1.54) is 17.7 Å². The Morgan fingerprint density at radius 1 is 0.893 bits per heavy atom. The van der Waals surface area contributed by atoms with E-state index in [0.29, 0.717) is 11.3 Å². The summed E-state index contributed by atoms with van der Waals surface area (Å²) in [5, 5.41) is 9.43. The molecule has 2 aromatic heterocycles. The standard InChI is InChI=1S/C23H16FN3O/c1-15-5-8-19(9-6-15)27-22(11-12-25-27)16-7-10-21-20(14-16)23(28-26-21)17-3-2-4-18(24)13-17/h2-14H,1H3. The molecular weight excluding hydrogens is 353 g/mol. The Hall–Kier alpha value is -3.73. The fourth-order valence-corrected chi connectivity index (χ4v) is 3.35. The van der Waals surface area contributed by atoms with Crippen molar-refractivity contribution in [3.63, 3.8) is 0 Å². The topological polar surface area (TPSA) is 43.9 Å². The molecule has 0 aliphatic heterocycles. The third-order valence-corrected chi connectivity index (χ3v) is 4.78. The second kappa shape index (κ2) is 6.46. The van der Waals surface area contributed by atoms with E-state index < -0.39 is 0 Å². The number of nitrogens with zero attached hydrogens (tertiary/aromatic N) is 3. The molecule has 0 atom stereocenters. The molecule has 2 heterocycles. The van der Waals surface area contributed by atoms with Crippen LogP contribution in [0, 0.1) is 12.7 Å². The van der Waals surface area contributed by atoms with E-state index in [-0.39, 0.29) is 5.82 Å². The summed E-state index contributed by atoms with van der Waals surface area (Å²) < 4.78 is 21.1. The van der Waals surface area contributed by atoms with Crippen LogP contribution in [0.4, 0.5) is 4.39 Å².